The summed E-state index contributed by atoms with van der Waals surface area (Å²) >= 11 is 0. The third-order valence-electron chi connectivity index (χ3n) is 5.89. The van der Waals surface area contributed by atoms with Gasteiger partial charge in [-0.15, -0.1) is 0 Å². The van der Waals surface area contributed by atoms with Gasteiger partial charge in [0.25, 0.3) is 5.56 Å². The second kappa shape index (κ2) is 7.74. The molecule has 0 unspecified atom stereocenters. The molecule has 0 aliphatic heterocycles. The quantitative estimate of drug-likeness (QED) is 0.344. The van der Waals surface area contributed by atoms with Crippen LogP contribution in [0.15, 0.2) is 41.5 Å². The number of benzene rings is 1. The van der Waals surface area contributed by atoms with Gasteiger partial charge in [0, 0.05) is 29.1 Å². The molecule has 4 aromatic rings. The van der Waals surface area contributed by atoms with Gasteiger partial charge in [-0.3, -0.25) is 4.79 Å². The highest BCUT2D eigenvalue weighted by Gasteiger charge is 2.22. The second-order valence-electron chi connectivity index (χ2n) is 7.89. The van der Waals surface area contributed by atoms with Crippen LogP contribution in [0.3, 0.4) is 0 Å². The van der Waals surface area contributed by atoms with E-state index in [2.05, 4.69) is 31.9 Å². The van der Waals surface area contributed by atoms with E-state index in [-0.39, 0.29) is 17.6 Å². The fourth-order valence-electron chi connectivity index (χ4n) is 4.29. The third kappa shape index (κ3) is 3.47. The molecule has 0 saturated heterocycles. The van der Waals surface area contributed by atoms with Crippen molar-refractivity contribution in [2.24, 2.45) is 5.73 Å². The van der Waals surface area contributed by atoms with Gasteiger partial charge in [-0.2, -0.15) is 10.4 Å². The first-order chi connectivity index (χ1) is 15.1. The molecule has 156 valence electrons. The summed E-state index contributed by atoms with van der Waals surface area (Å²) < 4.78 is 0. The Morgan fingerprint density at radius 2 is 2.13 bits per heavy atom. The number of hydrogen-bond donors (Lipinski definition) is 5. The van der Waals surface area contributed by atoms with Crippen LogP contribution in [0.2, 0.25) is 0 Å². The summed E-state index contributed by atoms with van der Waals surface area (Å²) in [5.41, 5.74) is 8.01. The lowest BCUT2D eigenvalue weighted by molar-refractivity contribution is 0.403. The first-order valence-corrected chi connectivity index (χ1v) is 10.3. The van der Waals surface area contributed by atoms with Gasteiger partial charge in [-0.05, 0) is 25.0 Å². The maximum Gasteiger partial charge on any atom is 0.275 e. The fourth-order valence-corrected chi connectivity index (χ4v) is 4.29. The molecule has 1 fully saturated rings. The molecule has 2 atom stereocenters. The molecule has 1 aromatic carbocycles. The molecular formula is C22H22N8O. The zero-order valence-corrected chi connectivity index (χ0v) is 16.8. The van der Waals surface area contributed by atoms with Gasteiger partial charge in [0.1, 0.15) is 17.7 Å². The van der Waals surface area contributed by atoms with Gasteiger partial charge in [0.2, 0.25) is 0 Å². The lowest BCUT2D eigenvalue weighted by atomic mass is 9.91. The van der Waals surface area contributed by atoms with Crippen molar-refractivity contribution < 1.29 is 0 Å². The van der Waals surface area contributed by atoms with Crippen LogP contribution < -0.4 is 21.9 Å². The van der Waals surface area contributed by atoms with E-state index in [1.54, 1.807) is 12.4 Å². The SMILES string of the molecule is N#Cc1c[nH]c2c(Nc3nc(N[C@@H]4CCCC[C@@H]4N)cc4cn[nH]c(=O)c34)cccc12. The smallest absolute Gasteiger partial charge is 0.275 e. The van der Waals surface area contributed by atoms with Crippen LogP contribution in [0.5, 0.6) is 0 Å². The fraction of sp³-hybridized carbons (Fsp3) is 0.273. The van der Waals surface area contributed by atoms with Crippen LogP contribution in [-0.2, 0) is 0 Å². The number of aromatic amines is 2. The maximum absolute atomic E-state index is 12.6. The Morgan fingerprint density at radius 3 is 2.97 bits per heavy atom. The number of fused-ring (bicyclic) bond motifs is 2. The summed E-state index contributed by atoms with van der Waals surface area (Å²) in [5.74, 6) is 1.05. The largest absolute Gasteiger partial charge is 0.366 e. The van der Waals surface area contributed by atoms with Crippen LogP contribution in [-0.4, -0.2) is 32.2 Å². The number of pyridine rings is 1. The van der Waals surface area contributed by atoms with Crippen molar-refractivity contribution in [3.8, 4) is 6.07 Å². The minimum atomic E-state index is -0.329. The maximum atomic E-state index is 12.6. The molecule has 3 heterocycles. The molecule has 5 rings (SSSR count). The van der Waals surface area contributed by atoms with Crippen LogP contribution in [0.4, 0.5) is 17.3 Å². The van der Waals surface area contributed by atoms with E-state index in [1.807, 2.05) is 24.3 Å². The molecule has 0 spiro atoms. The van der Waals surface area contributed by atoms with Crippen LogP contribution >= 0.6 is 0 Å². The Bertz CT molecular complexity index is 1370. The minimum Gasteiger partial charge on any atom is -0.366 e. The molecule has 3 aromatic heterocycles. The molecule has 31 heavy (non-hydrogen) atoms. The molecule has 1 saturated carbocycles. The molecule has 9 heteroatoms. The van der Waals surface area contributed by atoms with E-state index in [4.69, 9.17) is 10.7 Å². The van der Waals surface area contributed by atoms with Crippen molar-refractivity contribution >= 4 is 39.0 Å². The zero-order valence-electron chi connectivity index (χ0n) is 16.8. The van der Waals surface area contributed by atoms with E-state index >= 15 is 0 Å². The summed E-state index contributed by atoms with van der Waals surface area (Å²) in [6.45, 7) is 0. The first-order valence-electron chi connectivity index (χ1n) is 10.3. The molecule has 0 radical (unpaired) electrons. The number of rotatable bonds is 4. The summed E-state index contributed by atoms with van der Waals surface area (Å²) in [6.07, 6.45) is 7.51. The van der Waals surface area contributed by atoms with Crippen LogP contribution in [0.1, 0.15) is 31.2 Å². The van der Waals surface area contributed by atoms with E-state index in [0.29, 0.717) is 28.0 Å². The van der Waals surface area contributed by atoms with Gasteiger partial charge < -0.3 is 21.4 Å². The molecule has 6 N–H and O–H groups in total. The van der Waals surface area contributed by atoms with Gasteiger partial charge >= 0.3 is 0 Å². The highest BCUT2D eigenvalue weighted by Crippen LogP contribution is 2.30. The monoisotopic (exact) mass is 414 g/mol. The standard InChI is InChI=1S/C22H22N8O/c23-9-13-10-25-20-14(13)4-3-7-17(20)28-21-19-12(11-26-30-22(19)31)8-18(29-21)27-16-6-2-1-5-15(16)24/h3-4,7-8,10-11,15-16,25H,1-2,5-6,24H2,(H,30,31)(H2,27,28,29)/t15-,16+/m0/s1. The molecule has 1 aliphatic carbocycles. The summed E-state index contributed by atoms with van der Waals surface area (Å²) in [7, 11) is 0. The number of aromatic nitrogens is 4. The van der Waals surface area contributed by atoms with E-state index in [9.17, 15) is 10.1 Å². The van der Waals surface area contributed by atoms with Crippen molar-refractivity contribution in [3.63, 3.8) is 0 Å². The lowest BCUT2D eigenvalue weighted by Crippen LogP contribution is -2.42. The number of para-hydroxylation sites is 1. The number of nitrogens with two attached hydrogens (primary N) is 1. The molecule has 0 amide bonds. The normalized spacial score (nSPS) is 18.7. The summed E-state index contributed by atoms with van der Waals surface area (Å²) in [6, 6.07) is 9.81. The van der Waals surface area contributed by atoms with E-state index in [0.717, 1.165) is 42.3 Å². The van der Waals surface area contributed by atoms with Crippen molar-refractivity contribution in [2.45, 2.75) is 37.8 Å². The Hall–Kier alpha value is -3.90. The number of anilines is 3. The number of nitriles is 1. The van der Waals surface area contributed by atoms with Gasteiger partial charge in [0.15, 0.2) is 0 Å². The average molecular weight is 414 g/mol. The minimum absolute atomic E-state index is 0.0667. The Kier molecular flexibility index (Phi) is 4.76. The second-order valence-corrected chi connectivity index (χ2v) is 7.89. The lowest BCUT2D eigenvalue weighted by Gasteiger charge is -2.30. The first kappa shape index (κ1) is 19.1. The van der Waals surface area contributed by atoms with Gasteiger partial charge in [-0.25, -0.2) is 10.1 Å². The molecule has 1 aliphatic rings. The molecule has 0 bridgehead atoms. The van der Waals surface area contributed by atoms with Crippen molar-refractivity contribution in [3.05, 3.63) is 52.6 Å². The molecule has 9 nitrogen and oxygen atoms in total. The predicted octanol–water partition coefficient (Wildman–Crippen LogP) is 3.10. The number of hydrogen-bond acceptors (Lipinski definition) is 7. The van der Waals surface area contributed by atoms with E-state index in [1.165, 1.54) is 0 Å². The van der Waals surface area contributed by atoms with Crippen LogP contribution in [0, 0.1) is 11.3 Å². The average Bonchev–Trinajstić information content (AvgIpc) is 3.20. The Balaban J connectivity index is 1.60. The highest BCUT2D eigenvalue weighted by atomic mass is 16.1. The topological polar surface area (TPSA) is 148 Å². The summed E-state index contributed by atoms with van der Waals surface area (Å²) in [5, 5.41) is 24.4. The Morgan fingerprint density at radius 1 is 1.26 bits per heavy atom. The van der Waals surface area contributed by atoms with Crippen molar-refractivity contribution in [2.75, 3.05) is 10.6 Å². The number of nitrogens with one attached hydrogen (secondary N) is 4. The Labute approximate surface area is 177 Å². The van der Waals surface area contributed by atoms with Gasteiger partial charge in [0.05, 0.1) is 28.4 Å². The zero-order chi connectivity index (χ0) is 21.4. The number of H-pyrrole nitrogens is 2. The van der Waals surface area contributed by atoms with Crippen molar-refractivity contribution in [1.82, 2.24) is 20.2 Å². The number of nitrogens with zero attached hydrogens (tertiary/aromatic N) is 3. The van der Waals surface area contributed by atoms with Gasteiger partial charge in [-0.1, -0.05) is 25.0 Å². The van der Waals surface area contributed by atoms with Crippen LogP contribution in [0.25, 0.3) is 21.7 Å². The summed E-state index contributed by atoms with van der Waals surface area (Å²) in [4.78, 5) is 20.4. The highest BCUT2D eigenvalue weighted by molar-refractivity contribution is 6.00. The van der Waals surface area contributed by atoms with Crippen molar-refractivity contribution in [1.29, 1.82) is 5.26 Å². The van der Waals surface area contributed by atoms with E-state index < -0.39 is 0 Å². The predicted molar refractivity (Wildman–Crippen MR) is 120 cm³/mol. The molecular weight excluding hydrogens is 392 g/mol. The third-order valence-corrected chi connectivity index (χ3v) is 5.89.